The molecule has 0 amide bonds. The molecule has 0 bridgehead atoms. The Morgan fingerprint density at radius 1 is 1.33 bits per heavy atom. The van der Waals surface area contributed by atoms with Crippen LogP contribution in [0.1, 0.15) is 35.7 Å². The maximum atomic E-state index is 12.8. The number of halogens is 3. The number of hydrogen-bond donors (Lipinski definition) is 2. The fourth-order valence-electron chi connectivity index (χ4n) is 3.82. The van der Waals surface area contributed by atoms with Crippen molar-refractivity contribution in [3.63, 3.8) is 0 Å². The summed E-state index contributed by atoms with van der Waals surface area (Å²) in [5.41, 5.74) is 3.57. The van der Waals surface area contributed by atoms with Gasteiger partial charge in [0.1, 0.15) is 0 Å². The molecule has 5 nitrogen and oxygen atoms in total. The lowest BCUT2D eigenvalue weighted by Gasteiger charge is -2.25. The van der Waals surface area contributed by atoms with E-state index in [9.17, 15) is 8.78 Å². The first-order valence-electron chi connectivity index (χ1n) is 9.34. The zero-order valence-electron chi connectivity index (χ0n) is 15.0. The van der Waals surface area contributed by atoms with Crippen LogP contribution >= 0.6 is 11.6 Å². The van der Waals surface area contributed by atoms with Crippen molar-refractivity contribution in [2.45, 2.75) is 44.7 Å². The van der Waals surface area contributed by atoms with Crippen LogP contribution in [0.3, 0.4) is 0 Å². The summed E-state index contributed by atoms with van der Waals surface area (Å²) in [6.45, 7) is 3.20. The number of fused-ring (bicyclic) bond motifs is 1. The second-order valence-corrected chi connectivity index (χ2v) is 7.42. The summed E-state index contributed by atoms with van der Waals surface area (Å²) < 4.78 is 33.2. The van der Waals surface area contributed by atoms with Gasteiger partial charge in [-0.1, -0.05) is 11.6 Å². The molecule has 1 aromatic heterocycles. The minimum Gasteiger partial charge on any atom is -0.381 e. The molecule has 4 rings (SSSR count). The van der Waals surface area contributed by atoms with Crippen molar-refractivity contribution in [3.05, 3.63) is 40.0 Å². The van der Waals surface area contributed by atoms with Crippen LogP contribution in [0.2, 0.25) is 5.02 Å². The third kappa shape index (κ3) is 4.10. The molecule has 3 heterocycles. The number of benzene rings is 1. The van der Waals surface area contributed by atoms with Gasteiger partial charge in [-0.25, -0.2) is 8.78 Å². The Morgan fingerprint density at radius 2 is 2.15 bits per heavy atom. The molecule has 1 fully saturated rings. The molecule has 8 heteroatoms. The summed E-state index contributed by atoms with van der Waals surface area (Å²) >= 11 is 6.06. The van der Waals surface area contributed by atoms with Crippen LogP contribution in [0.25, 0.3) is 0 Å². The third-order valence-electron chi connectivity index (χ3n) is 5.18. The van der Waals surface area contributed by atoms with Gasteiger partial charge >= 0.3 is 0 Å². The van der Waals surface area contributed by atoms with Crippen LogP contribution in [-0.2, 0) is 24.1 Å². The molecule has 0 radical (unpaired) electrons. The SMILES string of the molecule is FC(F)Cc1cc(Nc2nn(C3CCOCC3)c3c2CNCC3)ccc1Cl. The van der Waals surface area contributed by atoms with Crippen LogP contribution < -0.4 is 10.6 Å². The van der Waals surface area contributed by atoms with Crippen LogP contribution in [0.4, 0.5) is 20.3 Å². The van der Waals surface area contributed by atoms with Crippen molar-refractivity contribution < 1.29 is 13.5 Å². The zero-order valence-corrected chi connectivity index (χ0v) is 15.7. The van der Waals surface area contributed by atoms with Gasteiger partial charge in [-0.05, 0) is 36.6 Å². The van der Waals surface area contributed by atoms with Crippen LogP contribution in [0.15, 0.2) is 18.2 Å². The van der Waals surface area contributed by atoms with Gasteiger partial charge < -0.3 is 15.4 Å². The van der Waals surface area contributed by atoms with Crippen molar-refractivity contribution in [2.24, 2.45) is 0 Å². The predicted octanol–water partition coefficient (Wildman–Crippen LogP) is 4.08. The Balaban J connectivity index is 1.63. The van der Waals surface area contributed by atoms with E-state index < -0.39 is 6.43 Å². The first-order chi connectivity index (χ1) is 13.1. The van der Waals surface area contributed by atoms with Crippen molar-refractivity contribution in [3.8, 4) is 0 Å². The van der Waals surface area contributed by atoms with E-state index in [1.807, 2.05) is 0 Å². The molecular weight excluding hydrogens is 374 g/mol. The molecule has 0 atom stereocenters. The lowest BCUT2D eigenvalue weighted by atomic mass is 10.1. The average molecular weight is 397 g/mol. The van der Waals surface area contributed by atoms with E-state index in [0.29, 0.717) is 16.6 Å². The normalized spacial score (nSPS) is 17.9. The van der Waals surface area contributed by atoms with Crippen molar-refractivity contribution in [1.29, 1.82) is 0 Å². The molecule has 1 aromatic carbocycles. The topological polar surface area (TPSA) is 51.1 Å². The second kappa shape index (κ2) is 8.12. The molecule has 0 spiro atoms. The number of ether oxygens (including phenoxy) is 1. The van der Waals surface area contributed by atoms with Crippen molar-refractivity contribution in [1.82, 2.24) is 15.1 Å². The highest BCUT2D eigenvalue weighted by Gasteiger charge is 2.26. The van der Waals surface area contributed by atoms with Gasteiger partial charge in [-0.15, -0.1) is 0 Å². The highest BCUT2D eigenvalue weighted by atomic mass is 35.5. The van der Waals surface area contributed by atoms with Crippen LogP contribution in [-0.4, -0.2) is 36.0 Å². The second-order valence-electron chi connectivity index (χ2n) is 7.02. The van der Waals surface area contributed by atoms with Crippen LogP contribution in [0, 0.1) is 0 Å². The summed E-state index contributed by atoms with van der Waals surface area (Å²) in [4.78, 5) is 0. The van der Waals surface area contributed by atoms with Crippen molar-refractivity contribution in [2.75, 3.05) is 25.1 Å². The van der Waals surface area contributed by atoms with E-state index >= 15 is 0 Å². The number of hydrogen-bond acceptors (Lipinski definition) is 4. The molecule has 2 aliphatic heterocycles. The van der Waals surface area contributed by atoms with E-state index in [4.69, 9.17) is 21.4 Å². The highest BCUT2D eigenvalue weighted by Crippen LogP contribution is 2.32. The quantitative estimate of drug-likeness (QED) is 0.799. The monoisotopic (exact) mass is 396 g/mol. The van der Waals surface area contributed by atoms with Gasteiger partial charge in [0, 0.05) is 61.1 Å². The number of rotatable bonds is 5. The van der Waals surface area contributed by atoms with Gasteiger partial charge in [0.2, 0.25) is 6.43 Å². The molecule has 27 heavy (non-hydrogen) atoms. The molecule has 2 N–H and O–H groups in total. The van der Waals surface area contributed by atoms with Gasteiger partial charge in [-0.3, -0.25) is 4.68 Å². The summed E-state index contributed by atoms with van der Waals surface area (Å²) in [6.07, 6.45) is 0.0619. The molecule has 146 valence electrons. The number of alkyl halides is 2. The fraction of sp³-hybridized carbons (Fsp3) is 0.526. The molecule has 0 unspecified atom stereocenters. The van der Waals surface area contributed by atoms with Crippen molar-refractivity contribution >= 4 is 23.1 Å². The molecule has 2 aliphatic rings. The maximum absolute atomic E-state index is 12.8. The molecule has 0 saturated carbocycles. The lowest BCUT2D eigenvalue weighted by molar-refractivity contribution is 0.0654. The number of aromatic nitrogens is 2. The van der Waals surface area contributed by atoms with Crippen LogP contribution in [0.5, 0.6) is 0 Å². The largest absolute Gasteiger partial charge is 0.381 e. The summed E-state index contributed by atoms with van der Waals surface area (Å²) in [5.74, 6) is 0.786. The van der Waals surface area contributed by atoms with E-state index in [0.717, 1.165) is 62.6 Å². The smallest absolute Gasteiger partial charge is 0.242 e. The minimum absolute atomic E-state index is 0.348. The average Bonchev–Trinajstić information content (AvgIpc) is 3.03. The first kappa shape index (κ1) is 18.7. The molecular formula is C19H23ClF2N4O. The Labute approximate surface area is 162 Å². The number of anilines is 2. The number of nitrogens with one attached hydrogen (secondary N) is 2. The molecule has 2 aromatic rings. The van der Waals surface area contributed by atoms with E-state index in [1.54, 1.807) is 18.2 Å². The van der Waals surface area contributed by atoms with E-state index in [1.165, 1.54) is 5.69 Å². The van der Waals surface area contributed by atoms with Gasteiger partial charge in [0.15, 0.2) is 5.82 Å². The zero-order chi connectivity index (χ0) is 18.8. The van der Waals surface area contributed by atoms with Gasteiger partial charge in [-0.2, -0.15) is 5.10 Å². The first-order valence-corrected chi connectivity index (χ1v) is 9.72. The lowest BCUT2D eigenvalue weighted by Crippen LogP contribution is -2.28. The highest BCUT2D eigenvalue weighted by molar-refractivity contribution is 6.31. The Morgan fingerprint density at radius 3 is 2.93 bits per heavy atom. The Bertz CT molecular complexity index is 805. The molecule has 1 saturated heterocycles. The standard InChI is InChI=1S/C19H23ClF2N4O/c20-16-2-1-13(9-12(16)10-18(21)22)24-19-15-11-23-6-3-17(15)26(25-19)14-4-7-27-8-5-14/h1-2,9,14,18,23H,3-8,10-11H2,(H,24,25). The summed E-state index contributed by atoms with van der Waals surface area (Å²) in [6, 6.07) is 5.49. The molecule has 0 aliphatic carbocycles. The van der Waals surface area contributed by atoms with E-state index in [-0.39, 0.29) is 6.42 Å². The van der Waals surface area contributed by atoms with Gasteiger partial charge in [0.25, 0.3) is 0 Å². The summed E-state index contributed by atoms with van der Waals surface area (Å²) in [7, 11) is 0. The minimum atomic E-state index is -2.43. The number of nitrogens with zero attached hydrogens (tertiary/aromatic N) is 2. The fourth-order valence-corrected chi connectivity index (χ4v) is 4.01. The Kier molecular flexibility index (Phi) is 5.61. The third-order valence-corrected chi connectivity index (χ3v) is 5.55. The maximum Gasteiger partial charge on any atom is 0.242 e. The summed E-state index contributed by atoms with van der Waals surface area (Å²) in [5, 5.41) is 11.9. The van der Waals surface area contributed by atoms with E-state index in [2.05, 4.69) is 15.3 Å². The van der Waals surface area contributed by atoms with Gasteiger partial charge in [0.05, 0.1) is 6.04 Å². The predicted molar refractivity (Wildman–Crippen MR) is 101 cm³/mol. The Hall–Kier alpha value is -1.70.